The molecular formula is C13H16N2O3S. The molecule has 1 heterocycles. The van der Waals surface area contributed by atoms with Crippen molar-refractivity contribution in [1.29, 1.82) is 0 Å². The molecule has 0 amide bonds. The van der Waals surface area contributed by atoms with Gasteiger partial charge in [-0.05, 0) is 30.2 Å². The Kier molecular flexibility index (Phi) is 4.14. The summed E-state index contributed by atoms with van der Waals surface area (Å²) >= 11 is 0. The van der Waals surface area contributed by atoms with Gasteiger partial charge in [-0.15, -0.1) is 0 Å². The van der Waals surface area contributed by atoms with Crippen LogP contribution in [0.15, 0.2) is 41.4 Å². The van der Waals surface area contributed by atoms with Crippen LogP contribution in [-0.2, 0) is 14.9 Å². The Bertz CT molecular complexity index is 663. The van der Waals surface area contributed by atoms with E-state index in [9.17, 15) is 8.42 Å². The number of nitrogens with zero attached hydrogens (tertiary/aromatic N) is 1. The molecule has 0 aliphatic carbocycles. The highest BCUT2D eigenvalue weighted by Gasteiger charge is 2.17. The molecule has 1 aromatic carbocycles. The van der Waals surface area contributed by atoms with Crippen LogP contribution in [0.2, 0.25) is 0 Å². The second-order valence-electron chi connectivity index (χ2n) is 4.62. The quantitative estimate of drug-likeness (QED) is 0.852. The first kappa shape index (κ1) is 13.9. The molecule has 0 unspecified atom stereocenters. The van der Waals surface area contributed by atoms with Gasteiger partial charge in [0, 0.05) is 11.6 Å². The fraction of sp³-hybridized carbons (Fsp3) is 0.308. The number of pyridine rings is 1. The SMILES string of the molecule is CC(C)CONS(=O)(=O)c1cccc2ncccc12. The van der Waals surface area contributed by atoms with Gasteiger partial charge in [0.15, 0.2) is 0 Å². The summed E-state index contributed by atoms with van der Waals surface area (Å²) in [6.45, 7) is 4.20. The van der Waals surface area contributed by atoms with Crippen molar-refractivity contribution in [3.05, 3.63) is 36.5 Å². The fourth-order valence-electron chi connectivity index (χ4n) is 1.63. The Balaban J connectivity index is 2.33. The van der Waals surface area contributed by atoms with Gasteiger partial charge in [0.1, 0.15) is 0 Å². The third-order valence-corrected chi connectivity index (χ3v) is 3.75. The van der Waals surface area contributed by atoms with Crippen LogP contribution >= 0.6 is 0 Å². The minimum absolute atomic E-state index is 0.168. The molecule has 0 aliphatic rings. The van der Waals surface area contributed by atoms with Crippen LogP contribution < -0.4 is 4.89 Å². The number of hydrogen-bond donors (Lipinski definition) is 1. The Morgan fingerprint density at radius 1 is 1.26 bits per heavy atom. The van der Waals surface area contributed by atoms with E-state index in [0.717, 1.165) is 0 Å². The van der Waals surface area contributed by atoms with Crippen molar-refractivity contribution in [3.63, 3.8) is 0 Å². The lowest BCUT2D eigenvalue weighted by molar-refractivity contribution is 0.0719. The predicted molar refractivity (Wildman–Crippen MR) is 72.9 cm³/mol. The summed E-state index contributed by atoms with van der Waals surface area (Å²) in [4.78, 5) is 11.4. The summed E-state index contributed by atoms with van der Waals surface area (Å²) in [6.07, 6.45) is 1.63. The molecule has 102 valence electrons. The molecule has 5 nitrogen and oxygen atoms in total. The number of rotatable bonds is 5. The summed E-state index contributed by atoms with van der Waals surface area (Å²) in [7, 11) is -3.69. The second kappa shape index (κ2) is 5.64. The Morgan fingerprint density at radius 3 is 2.79 bits per heavy atom. The molecule has 2 aromatic rings. The molecule has 1 aromatic heterocycles. The minimum Gasteiger partial charge on any atom is -0.287 e. The summed E-state index contributed by atoms with van der Waals surface area (Å²) in [5.41, 5.74) is 0.634. The Morgan fingerprint density at radius 2 is 2.05 bits per heavy atom. The van der Waals surface area contributed by atoms with E-state index in [4.69, 9.17) is 4.84 Å². The van der Waals surface area contributed by atoms with Crippen LogP contribution in [0.3, 0.4) is 0 Å². The van der Waals surface area contributed by atoms with E-state index >= 15 is 0 Å². The van der Waals surface area contributed by atoms with Gasteiger partial charge in [0.2, 0.25) is 0 Å². The molecule has 2 rings (SSSR count). The van der Waals surface area contributed by atoms with Crippen LogP contribution in [0, 0.1) is 5.92 Å². The average molecular weight is 280 g/mol. The van der Waals surface area contributed by atoms with E-state index in [1.165, 1.54) is 6.07 Å². The molecule has 0 radical (unpaired) electrons. The van der Waals surface area contributed by atoms with E-state index in [0.29, 0.717) is 17.5 Å². The molecule has 19 heavy (non-hydrogen) atoms. The van der Waals surface area contributed by atoms with Crippen LogP contribution in [0.4, 0.5) is 0 Å². The number of nitrogens with one attached hydrogen (secondary N) is 1. The largest absolute Gasteiger partial charge is 0.287 e. The molecular weight excluding hydrogens is 264 g/mol. The third-order valence-electron chi connectivity index (χ3n) is 2.48. The first-order valence-electron chi connectivity index (χ1n) is 5.98. The van der Waals surface area contributed by atoms with Crippen LogP contribution in [0.25, 0.3) is 10.9 Å². The van der Waals surface area contributed by atoms with E-state index in [2.05, 4.69) is 9.87 Å². The van der Waals surface area contributed by atoms with Crippen LogP contribution in [0.1, 0.15) is 13.8 Å². The number of benzene rings is 1. The minimum atomic E-state index is -3.69. The maximum absolute atomic E-state index is 12.2. The maximum Gasteiger partial charge on any atom is 0.263 e. The lowest BCUT2D eigenvalue weighted by atomic mass is 10.2. The molecule has 0 atom stereocenters. The Hall–Kier alpha value is -1.50. The van der Waals surface area contributed by atoms with Gasteiger partial charge in [-0.25, -0.2) is 8.42 Å². The van der Waals surface area contributed by atoms with Gasteiger partial charge in [-0.2, -0.15) is 0 Å². The molecule has 6 heteroatoms. The zero-order valence-corrected chi connectivity index (χ0v) is 11.6. The second-order valence-corrected chi connectivity index (χ2v) is 6.23. The number of hydrogen-bond acceptors (Lipinski definition) is 4. The van der Waals surface area contributed by atoms with Crippen molar-refractivity contribution in [2.45, 2.75) is 18.7 Å². The molecule has 0 saturated carbocycles. The lowest BCUT2D eigenvalue weighted by Crippen LogP contribution is -2.26. The van der Waals surface area contributed by atoms with E-state index in [-0.39, 0.29) is 10.8 Å². The summed E-state index contributed by atoms with van der Waals surface area (Å²) in [6, 6.07) is 8.39. The molecule has 0 fully saturated rings. The molecule has 0 bridgehead atoms. The Labute approximate surface area is 112 Å². The van der Waals surface area contributed by atoms with Gasteiger partial charge in [0.25, 0.3) is 10.0 Å². The predicted octanol–water partition coefficient (Wildman–Crippen LogP) is 2.10. The zero-order valence-electron chi connectivity index (χ0n) is 10.8. The van der Waals surface area contributed by atoms with Crippen molar-refractivity contribution in [1.82, 2.24) is 9.87 Å². The van der Waals surface area contributed by atoms with Crippen molar-refractivity contribution in [3.8, 4) is 0 Å². The average Bonchev–Trinajstić information content (AvgIpc) is 2.37. The number of fused-ring (bicyclic) bond motifs is 1. The molecule has 0 aliphatic heterocycles. The van der Waals surface area contributed by atoms with Gasteiger partial charge in [-0.1, -0.05) is 24.8 Å². The van der Waals surface area contributed by atoms with Crippen molar-refractivity contribution in [2.75, 3.05) is 6.61 Å². The van der Waals surface area contributed by atoms with Gasteiger partial charge >= 0.3 is 0 Å². The van der Waals surface area contributed by atoms with Crippen molar-refractivity contribution < 1.29 is 13.3 Å². The highest BCUT2D eigenvalue weighted by Crippen LogP contribution is 2.20. The van der Waals surface area contributed by atoms with E-state index in [1.54, 1.807) is 30.5 Å². The first-order chi connectivity index (χ1) is 9.00. The normalized spacial score (nSPS) is 12.2. The third kappa shape index (κ3) is 3.28. The summed E-state index contributed by atoms with van der Waals surface area (Å²) < 4.78 is 24.3. The van der Waals surface area contributed by atoms with E-state index < -0.39 is 10.0 Å². The van der Waals surface area contributed by atoms with Crippen molar-refractivity contribution >= 4 is 20.9 Å². The highest BCUT2D eigenvalue weighted by atomic mass is 32.2. The molecule has 0 saturated heterocycles. The van der Waals surface area contributed by atoms with Crippen molar-refractivity contribution in [2.24, 2.45) is 5.92 Å². The van der Waals surface area contributed by atoms with E-state index in [1.807, 2.05) is 13.8 Å². The number of aromatic nitrogens is 1. The standard InChI is InChI=1S/C13H16N2O3S/c1-10(2)9-18-15-19(16,17)13-7-3-6-12-11(13)5-4-8-14-12/h3-8,10,15H,9H2,1-2H3. The topological polar surface area (TPSA) is 68.3 Å². The maximum atomic E-state index is 12.2. The fourth-order valence-corrected chi connectivity index (χ4v) is 2.67. The highest BCUT2D eigenvalue weighted by molar-refractivity contribution is 7.89. The molecule has 0 spiro atoms. The first-order valence-corrected chi connectivity index (χ1v) is 7.46. The van der Waals surface area contributed by atoms with Gasteiger partial charge < -0.3 is 0 Å². The monoisotopic (exact) mass is 280 g/mol. The van der Waals surface area contributed by atoms with Crippen LogP contribution in [0.5, 0.6) is 0 Å². The van der Waals surface area contributed by atoms with Gasteiger partial charge in [-0.3, -0.25) is 9.82 Å². The van der Waals surface area contributed by atoms with Gasteiger partial charge in [0.05, 0.1) is 17.0 Å². The van der Waals surface area contributed by atoms with Crippen LogP contribution in [-0.4, -0.2) is 20.0 Å². The number of sulfonamides is 1. The smallest absolute Gasteiger partial charge is 0.263 e. The lowest BCUT2D eigenvalue weighted by Gasteiger charge is -2.10. The summed E-state index contributed by atoms with van der Waals surface area (Å²) in [5, 5.41) is 0.575. The molecule has 1 N–H and O–H groups in total. The zero-order chi connectivity index (χ0) is 13.9. The summed E-state index contributed by atoms with van der Waals surface area (Å²) in [5.74, 6) is 0.247.